The highest BCUT2D eigenvalue weighted by molar-refractivity contribution is 6.09. The summed E-state index contributed by atoms with van der Waals surface area (Å²) in [4.78, 5) is 16.4. The highest BCUT2D eigenvalue weighted by atomic mass is 16.5. The van der Waals surface area contributed by atoms with Gasteiger partial charge >= 0.3 is 0 Å². The smallest absolute Gasteiger partial charge is 0.259 e. The molecule has 0 aliphatic heterocycles. The Labute approximate surface area is 120 Å². The Morgan fingerprint density at radius 1 is 1.38 bits per heavy atom. The number of carbonyl (C=O) groups is 1. The maximum atomic E-state index is 12.4. The third-order valence-corrected chi connectivity index (χ3v) is 3.04. The lowest BCUT2D eigenvalue weighted by molar-refractivity contribution is 0.102. The molecule has 1 amide bonds. The van der Waals surface area contributed by atoms with Crippen LogP contribution in [0.15, 0.2) is 43.0 Å². The lowest BCUT2D eigenvalue weighted by Crippen LogP contribution is -2.12. The molecule has 0 bridgehead atoms. The predicted molar refractivity (Wildman–Crippen MR) is 78.3 cm³/mol. The van der Waals surface area contributed by atoms with Gasteiger partial charge in [-0.1, -0.05) is 0 Å². The molecule has 0 spiro atoms. The molecular weight excluding hydrogens is 270 g/mol. The number of carbonyl (C=O) groups excluding carboxylic acids is 1. The van der Waals surface area contributed by atoms with Gasteiger partial charge in [-0.3, -0.25) is 9.78 Å². The largest absolute Gasteiger partial charge is 0.495 e. The van der Waals surface area contributed by atoms with Crippen LogP contribution < -0.4 is 15.8 Å². The monoisotopic (exact) mass is 283 g/mol. The van der Waals surface area contributed by atoms with E-state index in [1.165, 1.54) is 13.3 Å². The normalized spacial score (nSPS) is 10.5. The molecule has 0 aliphatic carbocycles. The van der Waals surface area contributed by atoms with Crippen molar-refractivity contribution in [2.45, 2.75) is 0 Å². The number of nitrogen functional groups attached to an aromatic ring is 1. The number of nitrogens with two attached hydrogens (primary N) is 1. The van der Waals surface area contributed by atoms with Gasteiger partial charge in [-0.15, -0.1) is 0 Å². The van der Waals surface area contributed by atoms with Gasteiger partial charge in [0.05, 0.1) is 36.3 Å². The molecule has 0 atom stereocenters. The summed E-state index contributed by atoms with van der Waals surface area (Å²) in [6, 6.07) is 5.04. The lowest BCUT2D eigenvalue weighted by atomic mass is 10.2. The fourth-order valence-electron chi connectivity index (χ4n) is 2.02. The summed E-state index contributed by atoms with van der Waals surface area (Å²) in [5, 5.41) is 6.87. The summed E-state index contributed by atoms with van der Waals surface area (Å²) in [6.45, 7) is 0. The second kappa shape index (κ2) is 5.12. The fraction of sp³-hybridized carbons (Fsp3) is 0.0714. The highest BCUT2D eigenvalue weighted by Gasteiger charge is 2.15. The van der Waals surface area contributed by atoms with Crippen LogP contribution in [0.1, 0.15) is 10.4 Å². The number of benzene rings is 1. The van der Waals surface area contributed by atoms with Gasteiger partial charge in [0, 0.05) is 18.1 Å². The van der Waals surface area contributed by atoms with Gasteiger partial charge in [0.15, 0.2) is 0 Å². The van der Waals surface area contributed by atoms with E-state index in [1.807, 2.05) is 0 Å². The summed E-state index contributed by atoms with van der Waals surface area (Å²) in [5.41, 5.74) is 7.82. The van der Waals surface area contributed by atoms with Crippen LogP contribution in [0.2, 0.25) is 0 Å². The SMILES string of the molecule is COc1ccc(N)cc1NC(=O)c1cnn2ccncc12. The number of methoxy groups -OCH3 is 1. The second-order valence-electron chi connectivity index (χ2n) is 4.38. The van der Waals surface area contributed by atoms with Crippen LogP contribution in [0.25, 0.3) is 5.52 Å². The Bertz CT molecular complexity index is 812. The van der Waals surface area contributed by atoms with Gasteiger partial charge in [0.1, 0.15) is 5.75 Å². The van der Waals surface area contributed by atoms with Crippen molar-refractivity contribution < 1.29 is 9.53 Å². The zero-order chi connectivity index (χ0) is 14.8. The minimum absolute atomic E-state index is 0.304. The first-order valence-electron chi connectivity index (χ1n) is 6.21. The number of rotatable bonds is 3. The van der Waals surface area contributed by atoms with E-state index in [-0.39, 0.29) is 5.91 Å². The number of anilines is 2. The molecule has 106 valence electrons. The third kappa shape index (κ3) is 2.36. The standard InChI is InChI=1S/C14H13N5O2/c1-21-13-3-2-9(15)6-11(13)18-14(20)10-7-17-19-5-4-16-8-12(10)19/h2-8H,15H2,1H3,(H,18,20). The first kappa shape index (κ1) is 12.9. The molecule has 2 aromatic heterocycles. The molecule has 7 nitrogen and oxygen atoms in total. The van der Waals surface area contributed by atoms with Crippen LogP contribution >= 0.6 is 0 Å². The first-order chi connectivity index (χ1) is 10.2. The number of hydrogen-bond donors (Lipinski definition) is 2. The molecule has 0 unspecified atom stereocenters. The number of aromatic nitrogens is 3. The molecule has 3 rings (SSSR count). The van der Waals surface area contributed by atoms with Gasteiger partial charge in [-0.05, 0) is 18.2 Å². The number of nitrogens with one attached hydrogen (secondary N) is 1. The van der Waals surface area contributed by atoms with Crippen LogP contribution in [0.3, 0.4) is 0 Å². The van der Waals surface area contributed by atoms with Gasteiger partial charge in [0.2, 0.25) is 0 Å². The van der Waals surface area contributed by atoms with Crippen molar-refractivity contribution in [1.29, 1.82) is 0 Å². The van der Waals surface area contributed by atoms with Crippen molar-refractivity contribution in [3.05, 3.63) is 48.5 Å². The number of ether oxygens (including phenoxy) is 1. The molecule has 3 N–H and O–H groups in total. The summed E-state index contributed by atoms with van der Waals surface area (Å²) in [7, 11) is 1.53. The van der Waals surface area contributed by atoms with E-state index in [0.717, 1.165) is 0 Å². The van der Waals surface area contributed by atoms with Crippen LogP contribution in [0.5, 0.6) is 5.75 Å². The maximum Gasteiger partial charge on any atom is 0.259 e. The molecule has 0 saturated heterocycles. The summed E-state index contributed by atoms with van der Waals surface area (Å²) >= 11 is 0. The van der Waals surface area contributed by atoms with E-state index in [4.69, 9.17) is 10.5 Å². The van der Waals surface area contributed by atoms with E-state index < -0.39 is 0 Å². The zero-order valence-corrected chi connectivity index (χ0v) is 11.3. The average Bonchev–Trinajstić information content (AvgIpc) is 2.91. The Morgan fingerprint density at radius 3 is 3.05 bits per heavy atom. The van der Waals surface area contributed by atoms with Crippen molar-refractivity contribution in [2.75, 3.05) is 18.2 Å². The number of hydrogen-bond acceptors (Lipinski definition) is 5. The average molecular weight is 283 g/mol. The number of fused-ring (bicyclic) bond motifs is 1. The van der Waals surface area contributed by atoms with E-state index in [9.17, 15) is 4.79 Å². The summed E-state index contributed by atoms with van der Waals surface area (Å²) in [6.07, 6.45) is 6.35. The molecular formula is C14H13N5O2. The predicted octanol–water partition coefficient (Wildman–Crippen LogP) is 1.57. The van der Waals surface area contributed by atoms with Crippen LogP contribution in [0, 0.1) is 0 Å². The molecule has 0 saturated carbocycles. The van der Waals surface area contributed by atoms with E-state index in [2.05, 4.69) is 15.4 Å². The zero-order valence-electron chi connectivity index (χ0n) is 11.3. The number of nitrogens with zero attached hydrogens (tertiary/aromatic N) is 3. The molecule has 0 fully saturated rings. The van der Waals surface area contributed by atoms with E-state index in [1.54, 1.807) is 41.3 Å². The molecule has 0 radical (unpaired) electrons. The van der Waals surface area contributed by atoms with Crippen LogP contribution in [-0.4, -0.2) is 27.6 Å². The molecule has 2 heterocycles. The summed E-state index contributed by atoms with van der Waals surface area (Å²) < 4.78 is 6.78. The van der Waals surface area contributed by atoms with E-state index >= 15 is 0 Å². The Kier molecular flexibility index (Phi) is 3.15. The Morgan fingerprint density at radius 2 is 2.24 bits per heavy atom. The second-order valence-corrected chi connectivity index (χ2v) is 4.38. The van der Waals surface area contributed by atoms with Crippen molar-refractivity contribution in [2.24, 2.45) is 0 Å². The minimum atomic E-state index is -0.304. The van der Waals surface area contributed by atoms with Crippen molar-refractivity contribution in [3.8, 4) is 5.75 Å². The molecule has 0 aliphatic rings. The topological polar surface area (TPSA) is 94.5 Å². The lowest BCUT2D eigenvalue weighted by Gasteiger charge is -2.10. The molecule has 1 aromatic carbocycles. The van der Waals surface area contributed by atoms with Gasteiger partial charge in [-0.2, -0.15) is 5.10 Å². The van der Waals surface area contributed by atoms with Crippen molar-refractivity contribution >= 4 is 22.8 Å². The van der Waals surface area contributed by atoms with Crippen molar-refractivity contribution in [3.63, 3.8) is 0 Å². The van der Waals surface area contributed by atoms with Crippen molar-refractivity contribution in [1.82, 2.24) is 14.6 Å². The first-order valence-corrected chi connectivity index (χ1v) is 6.21. The minimum Gasteiger partial charge on any atom is -0.495 e. The number of amides is 1. The maximum absolute atomic E-state index is 12.4. The van der Waals surface area contributed by atoms with Crippen LogP contribution in [-0.2, 0) is 0 Å². The highest BCUT2D eigenvalue weighted by Crippen LogP contribution is 2.27. The van der Waals surface area contributed by atoms with E-state index in [0.29, 0.717) is 28.2 Å². The third-order valence-electron chi connectivity index (χ3n) is 3.04. The van der Waals surface area contributed by atoms with Gasteiger partial charge in [0.25, 0.3) is 5.91 Å². The van der Waals surface area contributed by atoms with Gasteiger partial charge in [-0.25, -0.2) is 4.52 Å². The molecule has 21 heavy (non-hydrogen) atoms. The Balaban J connectivity index is 1.95. The van der Waals surface area contributed by atoms with Crippen LogP contribution in [0.4, 0.5) is 11.4 Å². The molecule has 7 heteroatoms. The molecule has 3 aromatic rings. The Hall–Kier alpha value is -3.09. The fourth-order valence-corrected chi connectivity index (χ4v) is 2.02. The van der Waals surface area contributed by atoms with Gasteiger partial charge < -0.3 is 15.8 Å². The quantitative estimate of drug-likeness (QED) is 0.711. The summed E-state index contributed by atoms with van der Waals surface area (Å²) in [5.74, 6) is 0.231.